The van der Waals surface area contributed by atoms with E-state index in [1.807, 2.05) is 34.9 Å². The number of ether oxygens (including phenoxy) is 2. The molecule has 3 aromatic carbocycles. The minimum Gasteiger partial charge on any atom is -0.497 e. The SMILES string of the molecule is COc1ccc(NC(=O)CSc2nnc(CNC(=O)c3cccc(OC)c3)n2-c2ccccc2)cc1. The van der Waals surface area contributed by atoms with Crippen molar-refractivity contribution in [1.29, 1.82) is 0 Å². The van der Waals surface area contributed by atoms with Crippen molar-refractivity contribution >= 4 is 29.3 Å². The summed E-state index contributed by atoms with van der Waals surface area (Å²) in [6.45, 7) is 0.149. The second kappa shape index (κ2) is 11.9. The molecular formula is C26H25N5O4S. The molecule has 0 aliphatic heterocycles. The predicted molar refractivity (Wildman–Crippen MR) is 138 cm³/mol. The van der Waals surface area contributed by atoms with Gasteiger partial charge in [0.05, 0.1) is 26.5 Å². The Morgan fingerprint density at radius 1 is 0.889 bits per heavy atom. The second-order valence-corrected chi connectivity index (χ2v) is 8.49. The first-order chi connectivity index (χ1) is 17.6. The minimum atomic E-state index is -0.260. The van der Waals surface area contributed by atoms with Crippen molar-refractivity contribution in [1.82, 2.24) is 20.1 Å². The van der Waals surface area contributed by atoms with Crippen LogP contribution in [0.5, 0.6) is 11.5 Å². The number of anilines is 1. The smallest absolute Gasteiger partial charge is 0.251 e. The lowest BCUT2D eigenvalue weighted by Gasteiger charge is -2.11. The summed E-state index contributed by atoms with van der Waals surface area (Å²) >= 11 is 1.26. The number of rotatable bonds is 10. The van der Waals surface area contributed by atoms with Crippen LogP contribution < -0.4 is 20.1 Å². The molecule has 0 aliphatic carbocycles. The van der Waals surface area contributed by atoms with Crippen LogP contribution in [0.4, 0.5) is 5.69 Å². The quantitative estimate of drug-likeness (QED) is 0.316. The minimum absolute atomic E-state index is 0.132. The topological polar surface area (TPSA) is 107 Å². The molecule has 10 heteroatoms. The van der Waals surface area contributed by atoms with Gasteiger partial charge in [-0.25, -0.2) is 0 Å². The van der Waals surface area contributed by atoms with Crippen LogP contribution in [-0.2, 0) is 11.3 Å². The van der Waals surface area contributed by atoms with Crippen molar-refractivity contribution < 1.29 is 19.1 Å². The van der Waals surface area contributed by atoms with Gasteiger partial charge in [-0.2, -0.15) is 0 Å². The van der Waals surface area contributed by atoms with E-state index >= 15 is 0 Å². The molecule has 1 heterocycles. The molecule has 0 fully saturated rings. The maximum absolute atomic E-state index is 12.7. The summed E-state index contributed by atoms with van der Waals surface area (Å²) in [6, 6.07) is 23.6. The molecule has 0 aliphatic rings. The summed E-state index contributed by atoms with van der Waals surface area (Å²) in [5, 5.41) is 14.8. The highest BCUT2D eigenvalue weighted by molar-refractivity contribution is 7.99. The molecule has 0 bridgehead atoms. The van der Waals surface area contributed by atoms with Gasteiger partial charge in [-0.3, -0.25) is 14.2 Å². The number of methoxy groups -OCH3 is 2. The van der Waals surface area contributed by atoms with E-state index < -0.39 is 0 Å². The van der Waals surface area contributed by atoms with E-state index in [1.165, 1.54) is 11.8 Å². The summed E-state index contributed by atoms with van der Waals surface area (Å²) in [7, 11) is 3.14. The number of carbonyl (C=O) groups excluding carboxylic acids is 2. The summed E-state index contributed by atoms with van der Waals surface area (Å²) in [5.74, 6) is 1.54. The van der Waals surface area contributed by atoms with Crippen molar-refractivity contribution in [3.63, 3.8) is 0 Å². The fourth-order valence-corrected chi connectivity index (χ4v) is 4.14. The van der Waals surface area contributed by atoms with Crippen molar-refractivity contribution in [3.05, 3.63) is 90.3 Å². The number of benzene rings is 3. The third-order valence-electron chi connectivity index (χ3n) is 5.16. The Hall–Kier alpha value is -4.31. The Labute approximate surface area is 212 Å². The zero-order chi connectivity index (χ0) is 25.3. The maximum Gasteiger partial charge on any atom is 0.251 e. The van der Waals surface area contributed by atoms with Gasteiger partial charge in [0.1, 0.15) is 11.5 Å². The van der Waals surface area contributed by atoms with E-state index in [4.69, 9.17) is 9.47 Å². The molecule has 1 aromatic heterocycles. The fourth-order valence-electron chi connectivity index (χ4n) is 3.37. The molecule has 4 rings (SSSR count). The van der Waals surface area contributed by atoms with Crippen molar-refractivity contribution in [2.75, 3.05) is 25.3 Å². The van der Waals surface area contributed by atoms with E-state index in [0.29, 0.717) is 33.7 Å². The van der Waals surface area contributed by atoms with Gasteiger partial charge in [0.2, 0.25) is 5.91 Å². The van der Waals surface area contributed by atoms with E-state index in [1.54, 1.807) is 62.8 Å². The number of aromatic nitrogens is 3. The Kier molecular flexibility index (Phi) is 8.20. The maximum atomic E-state index is 12.7. The highest BCUT2D eigenvalue weighted by atomic mass is 32.2. The number of nitrogens with zero attached hydrogens (tertiary/aromatic N) is 3. The van der Waals surface area contributed by atoms with E-state index in [0.717, 1.165) is 5.69 Å². The summed E-state index contributed by atoms with van der Waals surface area (Å²) in [5.41, 5.74) is 1.97. The van der Waals surface area contributed by atoms with Gasteiger partial charge >= 0.3 is 0 Å². The summed E-state index contributed by atoms with van der Waals surface area (Å²) in [6.07, 6.45) is 0. The Morgan fingerprint density at radius 3 is 2.36 bits per heavy atom. The van der Waals surface area contributed by atoms with Gasteiger partial charge in [-0.1, -0.05) is 36.0 Å². The van der Waals surface area contributed by atoms with Crippen LogP contribution in [0, 0.1) is 0 Å². The first-order valence-electron chi connectivity index (χ1n) is 11.1. The molecule has 0 spiro atoms. The molecule has 0 radical (unpaired) electrons. The first-order valence-corrected chi connectivity index (χ1v) is 12.0. The van der Waals surface area contributed by atoms with Crippen LogP contribution in [-0.4, -0.2) is 46.6 Å². The molecule has 0 saturated carbocycles. The largest absolute Gasteiger partial charge is 0.497 e. The highest BCUT2D eigenvalue weighted by Gasteiger charge is 2.17. The number of amides is 2. The average molecular weight is 504 g/mol. The third-order valence-corrected chi connectivity index (χ3v) is 6.09. The Morgan fingerprint density at radius 2 is 1.64 bits per heavy atom. The van der Waals surface area contributed by atoms with Crippen LogP contribution in [0.2, 0.25) is 0 Å². The number of para-hydroxylation sites is 1. The zero-order valence-corrected chi connectivity index (χ0v) is 20.6. The normalized spacial score (nSPS) is 10.5. The van der Waals surface area contributed by atoms with Gasteiger partial charge in [0.15, 0.2) is 11.0 Å². The summed E-state index contributed by atoms with van der Waals surface area (Å²) < 4.78 is 12.2. The molecule has 0 saturated heterocycles. The number of hydrogen-bond donors (Lipinski definition) is 2. The van der Waals surface area contributed by atoms with E-state index in [2.05, 4.69) is 20.8 Å². The first kappa shape index (κ1) is 24.8. The number of nitrogens with one attached hydrogen (secondary N) is 2. The molecule has 2 amide bonds. The molecule has 36 heavy (non-hydrogen) atoms. The molecule has 2 N–H and O–H groups in total. The van der Waals surface area contributed by atoms with Crippen molar-refractivity contribution in [2.45, 2.75) is 11.7 Å². The predicted octanol–water partition coefficient (Wildman–Crippen LogP) is 3.95. The average Bonchev–Trinajstić information content (AvgIpc) is 3.34. The third kappa shape index (κ3) is 6.22. The molecule has 4 aromatic rings. The Balaban J connectivity index is 1.46. The van der Waals surface area contributed by atoms with Crippen LogP contribution in [0.15, 0.2) is 84.0 Å². The van der Waals surface area contributed by atoms with Crippen LogP contribution in [0.3, 0.4) is 0 Å². The zero-order valence-electron chi connectivity index (χ0n) is 19.8. The van der Waals surface area contributed by atoms with Crippen molar-refractivity contribution in [2.24, 2.45) is 0 Å². The number of carbonyl (C=O) groups is 2. The van der Waals surface area contributed by atoms with Crippen molar-refractivity contribution in [3.8, 4) is 17.2 Å². The lowest BCUT2D eigenvalue weighted by Crippen LogP contribution is -2.24. The van der Waals surface area contributed by atoms with Gasteiger partial charge in [0.25, 0.3) is 5.91 Å². The lowest BCUT2D eigenvalue weighted by molar-refractivity contribution is -0.113. The van der Waals surface area contributed by atoms with Gasteiger partial charge in [-0.05, 0) is 54.6 Å². The molecule has 0 unspecified atom stereocenters. The summed E-state index contributed by atoms with van der Waals surface area (Å²) in [4.78, 5) is 25.2. The van der Waals surface area contributed by atoms with E-state index in [-0.39, 0.29) is 24.1 Å². The lowest BCUT2D eigenvalue weighted by atomic mass is 10.2. The highest BCUT2D eigenvalue weighted by Crippen LogP contribution is 2.23. The van der Waals surface area contributed by atoms with Gasteiger partial charge in [0, 0.05) is 16.9 Å². The number of hydrogen-bond acceptors (Lipinski definition) is 7. The fraction of sp³-hybridized carbons (Fsp3) is 0.154. The van der Waals surface area contributed by atoms with Crippen LogP contribution >= 0.6 is 11.8 Å². The van der Waals surface area contributed by atoms with Crippen LogP contribution in [0.25, 0.3) is 5.69 Å². The molecule has 0 atom stereocenters. The second-order valence-electron chi connectivity index (χ2n) is 7.55. The van der Waals surface area contributed by atoms with E-state index in [9.17, 15) is 9.59 Å². The number of thioether (sulfide) groups is 1. The standard InChI is InChI=1S/C26H25N5O4S/c1-34-21-13-11-19(12-14-21)28-24(32)17-36-26-30-29-23(31(26)20-8-4-3-5-9-20)16-27-25(33)18-7-6-10-22(15-18)35-2/h3-15H,16-17H2,1-2H3,(H,27,33)(H,28,32). The molecule has 184 valence electrons. The molecule has 9 nitrogen and oxygen atoms in total. The van der Waals surface area contributed by atoms with Gasteiger partial charge < -0.3 is 20.1 Å². The Bertz CT molecular complexity index is 1330. The van der Waals surface area contributed by atoms with Crippen LogP contribution in [0.1, 0.15) is 16.2 Å². The van der Waals surface area contributed by atoms with Gasteiger partial charge in [-0.15, -0.1) is 10.2 Å². The monoisotopic (exact) mass is 503 g/mol. The molecular weight excluding hydrogens is 478 g/mol.